The molecule has 0 aromatic heterocycles. The SMILES string of the molecule is O=C(NC/C=C/CCl)c1ccccc1N=Nc1ccccc1. The largest absolute Gasteiger partial charge is 0.348 e. The molecule has 0 heterocycles. The van der Waals surface area contributed by atoms with Gasteiger partial charge in [0.05, 0.1) is 16.9 Å². The summed E-state index contributed by atoms with van der Waals surface area (Å²) in [5, 5.41) is 11.1. The summed E-state index contributed by atoms with van der Waals surface area (Å²) in [6.07, 6.45) is 3.59. The van der Waals surface area contributed by atoms with Crippen LogP contribution in [0.25, 0.3) is 0 Å². The lowest BCUT2D eigenvalue weighted by Gasteiger charge is -2.04. The van der Waals surface area contributed by atoms with Crippen LogP contribution in [0.4, 0.5) is 11.4 Å². The average Bonchev–Trinajstić information content (AvgIpc) is 2.58. The number of amides is 1. The lowest BCUT2D eigenvalue weighted by Crippen LogP contribution is -2.23. The van der Waals surface area contributed by atoms with Gasteiger partial charge in [0.2, 0.25) is 0 Å². The average molecular weight is 314 g/mol. The molecule has 0 saturated heterocycles. The normalized spacial score (nSPS) is 11.1. The number of carbonyl (C=O) groups excluding carboxylic acids is 1. The third kappa shape index (κ3) is 4.82. The van der Waals surface area contributed by atoms with Crippen molar-refractivity contribution in [3.8, 4) is 0 Å². The van der Waals surface area contributed by atoms with Crippen LogP contribution in [0, 0.1) is 0 Å². The molecule has 0 atom stereocenters. The van der Waals surface area contributed by atoms with E-state index in [9.17, 15) is 4.79 Å². The summed E-state index contributed by atoms with van der Waals surface area (Å²) in [4.78, 5) is 12.2. The van der Waals surface area contributed by atoms with Crippen LogP contribution in [0.5, 0.6) is 0 Å². The highest BCUT2D eigenvalue weighted by Gasteiger charge is 2.09. The van der Waals surface area contributed by atoms with Crippen molar-refractivity contribution in [2.24, 2.45) is 10.2 Å². The number of allylic oxidation sites excluding steroid dienone is 1. The second-order valence-electron chi connectivity index (χ2n) is 4.39. The van der Waals surface area contributed by atoms with Crippen molar-refractivity contribution in [2.45, 2.75) is 0 Å². The summed E-state index contributed by atoms with van der Waals surface area (Å²) in [5.74, 6) is 0.236. The quantitative estimate of drug-likeness (QED) is 0.472. The van der Waals surface area contributed by atoms with E-state index in [-0.39, 0.29) is 5.91 Å². The van der Waals surface area contributed by atoms with Crippen LogP contribution in [0.3, 0.4) is 0 Å². The summed E-state index contributed by atoms with van der Waals surface area (Å²) in [6.45, 7) is 0.426. The molecular formula is C17H16ClN3O. The molecule has 1 N–H and O–H groups in total. The van der Waals surface area contributed by atoms with Crippen LogP contribution >= 0.6 is 11.6 Å². The van der Waals surface area contributed by atoms with Gasteiger partial charge in [0.1, 0.15) is 0 Å². The van der Waals surface area contributed by atoms with Gasteiger partial charge in [-0.3, -0.25) is 4.79 Å². The molecule has 0 spiro atoms. The van der Waals surface area contributed by atoms with E-state index in [4.69, 9.17) is 11.6 Å². The minimum absolute atomic E-state index is 0.193. The van der Waals surface area contributed by atoms with E-state index >= 15 is 0 Å². The Labute approximate surface area is 134 Å². The Hall–Kier alpha value is -2.46. The van der Waals surface area contributed by atoms with E-state index in [1.807, 2.05) is 36.4 Å². The van der Waals surface area contributed by atoms with E-state index in [1.165, 1.54) is 0 Å². The molecule has 112 valence electrons. The number of hydrogen-bond acceptors (Lipinski definition) is 3. The van der Waals surface area contributed by atoms with Gasteiger partial charge in [-0.1, -0.05) is 42.5 Å². The monoisotopic (exact) mass is 313 g/mol. The minimum Gasteiger partial charge on any atom is -0.348 e. The number of nitrogens with one attached hydrogen (secondary N) is 1. The molecule has 0 aliphatic heterocycles. The number of halogens is 1. The number of carbonyl (C=O) groups is 1. The number of hydrogen-bond donors (Lipinski definition) is 1. The Morgan fingerprint density at radius 2 is 1.73 bits per heavy atom. The summed E-state index contributed by atoms with van der Waals surface area (Å²) < 4.78 is 0. The zero-order chi connectivity index (χ0) is 15.6. The molecule has 2 aromatic carbocycles. The van der Waals surface area contributed by atoms with Gasteiger partial charge in [-0.05, 0) is 24.3 Å². The zero-order valence-electron chi connectivity index (χ0n) is 11.9. The fourth-order valence-corrected chi connectivity index (χ4v) is 1.88. The molecule has 5 heteroatoms. The van der Waals surface area contributed by atoms with Crippen LogP contribution in [0.15, 0.2) is 77.0 Å². The first kappa shape index (κ1) is 15.9. The molecule has 0 bridgehead atoms. The van der Waals surface area contributed by atoms with Crippen molar-refractivity contribution < 1.29 is 4.79 Å². The maximum Gasteiger partial charge on any atom is 0.253 e. The Balaban J connectivity index is 2.11. The van der Waals surface area contributed by atoms with Crippen LogP contribution in [-0.4, -0.2) is 18.3 Å². The van der Waals surface area contributed by atoms with Gasteiger partial charge in [0.25, 0.3) is 5.91 Å². The molecule has 2 rings (SSSR count). The van der Waals surface area contributed by atoms with Crippen molar-refractivity contribution in [3.05, 3.63) is 72.3 Å². The number of nitrogens with zero attached hydrogens (tertiary/aromatic N) is 2. The summed E-state index contributed by atoms with van der Waals surface area (Å²) in [6, 6.07) is 16.5. The van der Waals surface area contributed by atoms with Crippen molar-refractivity contribution >= 4 is 28.9 Å². The number of alkyl halides is 1. The highest BCUT2D eigenvalue weighted by atomic mass is 35.5. The van der Waals surface area contributed by atoms with Gasteiger partial charge in [0.15, 0.2) is 0 Å². The topological polar surface area (TPSA) is 53.8 Å². The minimum atomic E-state index is -0.193. The van der Waals surface area contributed by atoms with E-state index in [1.54, 1.807) is 30.4 Å². The van der Waals surface area contributed by atoms with Crippen molar-refractivity contribution in [3.63, 3.8) is 0 Å². The van der Waals surface area contributed by atoms with Crippen molar-refractivity contribution in [1.82, 2.24) is 5.32 Å². The van der Waals surface area contributed by atoms with E-state index in [0.717, 1.165) is 5.69 Å². The lowest BCUT2D eigenvalue weighted by atomic mass is 10.1. The summed E-state index contributed by atoms with van der Waals surface area (Å²) in [5.41, 5.74) is 1.76. The summed E-state index contributed by atoms with van der Waals surface area (Å²) >= 11 is 5.53. The second-order valence-corrected chi connectivity index (χ2v) is 4.70. The maximum absolute atomic E-state index is 12.2. The predicted molar refractivity (Wildman–Crippen MR) is 89.3 cm³/mol. The number of azo groups is 1. The van der Waals surface area contributed by atoms with E-state index < -0.39 is 0 Å². The molecular weight excluding hydrogens is 298 g/mol. The second kappa shape index (κ2) is 8.74. The smallest absolute Gasteiger partial charge is 0.253 e. The van der Waals surface area contributed by atoms with Gasteiger partial charge in [-0.25, -0.2) is 0 Å². The molecule has 2 aromatic rings. The first-order valence-corrected chi connectivity index (χ1v) is 7.39. The highest BCUT2D eigenvalue weighted by Crippen LogP contribution is 2.22. The van der Waals surface area contributed by atoms with Crippen LogP contribution < -0.4 is 5.32 Å². The summed E-state index contributed by atoms with van der Waals surface area (Å²) in [7, 11) is 0. The van der Waals surface area contributed by atoms with Crippen LogP contribution in [0.2, 0.25) is 0 Å². The fourth-order valence-electron chi connectivity index (χ4n) is 1.75. The van der Waals surface area contributed by atoms with Gasteiger partial charge < -0.3 is 5.32 Å². The molecule has 22 heavy (non-hydrogen) atoms. The Morgan fingerprint density at radius 3 is 2.50 bits per heavy atom. The molecule has 0 saturated carbocycles. The Kier molecular flexibility index (Phi) is 6.33. The van der Waals surface area contributed by atoms with E-state index in [0.29, 0.717) is 23.7 Å². The van der Waals surface area contributed by atoms with Gasteiger partial charge in [-0.2, -0.15) is 5.11 Å². The highest BCUT2D eigenvalue weighted by molar-refractivity contribution is 6.18. The van der Waals surface area contributed by atoms with Crippen LogP contribution in [0.1, 0.15) is 10.4 Å². The molecule has 0 unspecified atom stereocenters. The molecule has 0 radical (unpaired) electrons. The lowest BCUT2D eigenvalue weighted by molar-refractivity contribution is 0.0958. The first-order valence-electron chi connectivity index (χ1n) is 6.86. The standard InChI is InChI=1S/C17H16ClN3O/c18-12-6-7-13-19-17(22)15-10-4-5-11-16(15)21-20-14-8-2-1-3-9-14/h1-11H,12-13H2,(H,19,22)/b7-6+,21-20?. The maximum atomic E-state index is 12.2. The Morgan fingerprint density at radius 1 is 1.00 bits per heavy atom. The molecule has 0 aliphatic rings. The first-order chi connectivity index (χ1) is 10.8. The third-order valence-corrected chi connectivity index (χ3v) is 2.99. The van der Waals surface area contributed by atoms with Crippen molar-refractivity contribution in [2.75, 3.05) is 12.4 Å². The van der Waals surface area contributed by atoms with Gasteiger partial charge in [-0.15, -0.1) is 16.7 Å². The van der Waals surface area contributed by atoms with E-state index in [2.05, 4.69) is 15.5 Å². The number of rotatable bonds is 6. The molecule has 4 nitrogen and oxygen atoms in total. The Bertz CT molecular complexity index is 669. The van der Waals surface area contributed by atoms with Gasteiger partial charge in [0, 0.05) is 12.4 Å². The van der Waals surface area contributed by atoms with Crippen molar-refractivity contribution in [1.29, 1.82) is 0 Å². The van der Waals surface area contributed by atoms with Crippen LogP contribution in [-0.2, 0) is 0 Å². The zero-order valence-corrected chi connectivity index (χ0v) is 12.7. The number of benzene rings is 2. The predicted octanol–water partition coefficient (Wildman–Crippen LogP) is 4.63. The molecule has 0 aliphatic carbocycles. The molecule has 0 fully saturated rings. The van der Waals surface area contributed by atoms with Gasteiger partial charge >= 0.3 is 0 Å². The third-order valence-electron chi connectivity index (χ3n) is 2.81. The fraction of sp³-hybridized carbons (Fsp3) is 0.118. The molecule has 1 amide bonds.